The molecule has 5 heteroatoms. The van der Waals surface area contributed by atoms with E-state index in [1.54, 1.807) is 0 Å². The van der Waals surface area contributed by atoms with Crippen LogP contribution >= 0.6 is 0 Å². The van der Waals surface area contributed by atoms with Crippen molar-refractivity contribution in [3.05, 3.63) is 17.5 Å². The maximum absolute atomic E-state index is 5.50. The summed E-state index contributed by atoms with van der Waals surface area (Å²) in [7, 11) is 2.17. The first kappa shape index (κ1) is 11.6. The van der Waals surface area contributed by atoms with E-state index in [1.165, 1.54) is 13.0 Å². The van der Waals surface area contributed by atoms with Gasteiger partial charge in [-0.15, -0.1) is 0 Å². The highest BCUT2D eigenvalue weighted by Gasteiger charge is 2.14. The standard InChI is InChI=1S/C11H20N4O/c1-14-3-2-4-15(6-5-14)9-11-7-10(8-12)13-16-11/h7H,2-6,8-9,12H2,1H3. The Morgan fingerprint density at radius 3 is 3.00 bits per heavy atom. The van der Waals surface area contributed by atoms with Crippen LogP contribution in [0.1, 0.15) is 17.9 Å². The molecule has 1 saturated heterocycles. The van der Waals surface area contributed by atoms with E-state index in [1.807, 2.05) is 6.07 Å². The first-order valence-electron chi connectivity index (χ1n) is 5.83. The van der Waals surface area contributed by atoms with Gasteiger partial charge in [-0.05, 0) is 26.6 Å². The van der Waals surface area contributed by atoms with Crippen LogP contribution in [0.2, 0.25) is 0 Å². The van der Waals surface area contributed by atoms with Crippen LogP contribution in [0.15, 0.2) is 10.6 Å². The fourth-order valence-corrected chi connectivity index (χ4v) is 2.00. The summed E-state index contributed by atoms with van der Waals surface area (Å²) in [5.41, 5.74) is 6.33. The molecule has 0 spiro atoms. The van der Waals surface area contributed by atoms with Crippen LogP contribution in [0.4, 0.5) is 0 Å². The lowest BCUT2D eigenvalue weighted by atomic mass is 10.3. The highest BCUT2D eigenvalue weighted by Crippen LogP contribution is 2.09. The maximum atomic E-state index is 5.50. The predicted molar refractivity (Wildman–Crippen MR) is 61.8 cm³/mol. The van der Waals surface area contributed by atoms with E-state index in [0.29, 0.717) is 6.54 Å². The molecule has 0 atom stereocenters. The summed E-state index contributed by atoms with van der Waals surface area (Å²) in [4.78, 5) is 4.77. The second-order valence-corrected chi connectivity index (χ2v) is 4.42. The van der Waals surface area contributed by atoms with Crippen LogP contribution in [-0.4, -0.2) is 48.2 Å². The average Bonchev–Trinajstić information content (AvgIpc) is 2.63. The van der Waals surface area contributed by atoms with Gasteiger partial charge in [-0.25, -0.2) is 0 Å². The molecule has 0 aliphatic carbocycles. The lowest BCUT2D eigenvalue weighted by Gasteiger charge is -2.17. The molecule has 1 aromatic heterocycles. The second kappa shape index (κ2) is 5.43. The molecule has 2 heterocycles. The molecule has 1 aromatic rings. The fourth-order valence-electron chi connectivity index (χ4n) is 2.00. The summed E-state index contributed by atoms with van der Waals surface area (Å²) in [6, 6.07) is 1.95. The molecular weight excluding hydrogens is 204 g/mol. The Morgan fingerprint density at radius 2 is 2.25 bits per heavy atom. The fraction of sp³-hybridized carbons (Fsp3) is 0.727. The second-order valence-electron chi connectivity index (χ2n) is 4.42. The van der Waals surface area contributed by atoms with E-state index in [-0.39, 0.29) is 0 Å². The Balaban J connectivity index is 1.88. The molecule has 0 aromatic carbocycles. The number of aromatic nitrogens is 1. The van der Waals surface area contributed by atoms with Crippen LogP contribution in [0.3, 0.4) is 0 Å². The first-order valence-corrected chi connectivity index (χ1v) is 5.83. The summed E-state index contributed by atoms with van der Waals surface area (Å²) >= 11 is 0. The zero-order valence-electron chi connectivity index (χ0n) is 9.85. The van der Waals surface area contributed by atoms with Crippen molar-refractivity contribution in [1.82, 2.24) is 15.0 Å². The highest BCUT2D eigenvalue weighted by molar-refractivity contribution is 5.04. The molecule has 1 aliphatic heterocycles. The minimum Gasteiger partial charge on any atom is -0.360 e. The van der Waals surface area contributed by atoms with Crippen LogP contribution in [0.25, 0.3) is 0 Å². The molecule has 2 rings (SSSR count). The molecule has 1 fully saturated rings. The van der Waals surface area contributed by atoms with E-state index in [9.17, 15) is 0 Å². The summed E-state index contributed by atoms with van der Waals surface area (Å²) in [5.74, 6) is 0.921. The Morgan fingerprint density at radius 1 is 1.38 bits per heavy atom. The molecule has 1 aliphatic rings. The number of nitrogens with two attached hydrogens (primary N) is 1. The summed E-state index contributed by atoms with van der Waals surface area (Å²) in [6.45, 7) is 5.82. The van der Waals surface area contributed by atoms with Gasteiger partial charge < -0.3 is 15.2 Å². The third-order valence-corrected chi connectivity index (χ3v) is 3.01. The minimum atomic E-state index is 0.451. The maximum Gasteiger partial charge on any atom is 0.151 e. The van der Waals surface area contributed by atoms with Gasteiger partial charge in [-0.2, -0.15) is 0 Å². The molecule has 0 unspecified atom stereocenters. The quantitative estimate of drug-likeness (QED) is 0.798. The molecule has 0 bridgehead atoms. The van der Waals surface area contributed by atoms with Gasteiger partial charge in [-0.1, -0.05) is 5.16 Å². The van der Waals surface area contributed by atoms with Crippen molar-refractivity contribution in [2.75, 3.05) is 33.2 Å². The van der Waals surface area contributed by atoms with Crippen molar-refractivity contribution in [1.29, 1.82) is 0 Å². The normalized spacial score (nSPS) is 19.9. The largest absolute Gasteiger partial charge is 0.360 e. The number of hydrogen-bond donors (Lipinski definition) is 1. The van der Waals surface area contributed by atoms with Gasteiger partial charge in [0.25, 0.3) is 0 Å². The van der Waals surface area contributed by atoms with Crippen molar-refractivity contribution in [3.63, 3.8) is 0 Å². The average molecular weight is 224 g/mol. The van der Waals surface area contributed by atoms with Crippen LogP contribution in [0, 0.1) is 0 Å². The number of hydrogen-bond acceptors (Lipinski definition) is 5. The van der Waals surface area contributed by atoms with Gasteiger partial charge in [0.1, 0.15) is 0 Å². The van der Waals surface area contributed by atoms with Gasteiger partial charge in [0, 0.05) is 25.7 Å². The van der Waals surface area contributed by atoms with Crippen molar-refractivity contribution >= 4 is 0 Å². The van der Waals surface area contributed by atoms with Crippen LogP contribution in [-0.2, 0) is 13.1 Å². The Kier molecular flexibility index (Phi) is 3.93. The SMILES string of the molecule is CN1CCCN(Cc2cc(CN)no2)CC1. The first-order chi connectivity index (χ1) is 7.78. The van der Waals surface area contributed by atoms with Gasteiger partial charge in [0.15, 0.2) is 5.76 Å². The zero-order chi connectivity index (χ0) is 11.4. The van der Waals surface area contributed by atoms with Gasteiger partial charge in [-0.3, -0.25) is 4.90 Å². The van der Waals surface area contributed by atoms with Gasteiger partial charge in [0.2, 0.25) is 0 Å². The Bertz CT molecular complexity index is 326. The van der Waals surface area contributed by atoms with E-state index in [2.05, 4.69) is 22.0 Å². The van der Waals surface area contributed by atoms with Crippen molar-refractivity contribution in [2.45, 2.75) is 19.5 Å². The third kappa shape index (κ3) is 3.04. The van der Waals surface area contributed by atoms with Crippen molar-refractivity contribution in [3.8, 4) is 0 Å². The number of likely N-dealkylation sites (N-methyl/N-ethyl adjacent to an activating group) is 1. The number of rotatable bonds is 3. The Hall–Kier alpha value is -0.910. The molecule has 0 amide bonds. The lowest BCUT2D eigenvalue weighted by Crippen LogP contribution is -2.28. The third-order valence-electron chi connectivity index (χ3n) is 3.01. The summed E-state index contributed by atoms with van der Waals surface area (Å²) in [6.07, 6.45) is 1.22. The monoisotopic (exact) mass is 224 g/mol. The van der Waals surface area contributed by atoms with E-state index < -0.39 is 0 Å². The molecular formula is C11H20N4O. The zero-order valence-corrected chi connectivity index (χ0v) is 9.85. The molecule has 5 nitrogen and oxygen atoms in total. The van der Waals surface area contributed by atoms with Crippen molar-refractivity contribution < 1.29 is 4.52 Å². The summed E-state index contributed by atoms with van der Waals surface area (Å²) in [5, 5.41) is 3.90. The van der Waals surface area contributed by atoms with E-state index in [0.717, 1.165) is 37.6 Å². The smallest absolute Gasteiger partial charge is 0.151 e. The molecule has 16 heavy (non-hydrogen) atoms. The van der Waals surface area contributed by atoms with Gasteiger partial charge in [0.05, 0.1) is 12.2 Å². The van der Waals surface area contributed by atoms with Crippen LogP contribution in [0.5, 0.6) is 0 Å². The van der Waals surface area contributed by atoms with Crippen molar-refractivity contribution in [2.24, 2.45) is 5.73 Å². The highest BCUT2D eigenvalue weighted by atomic mass is 16.5. The number of nitrogens with zero attached hydrogens (tertiary/aromatic N) is 3. The molecule has 0 radical (unpaired) electrons. The predicted octanol–water partition coefficient (Wildman–Crippen LogP) is 0.271. The van der Waals surface area contributed by atoms with Gasteiger partial charge >= 0.3 is 0 Å². The molecule has 2 N–H and O–H groups in total. The van der Waals surface area contributed by atoms with E-state index >= 15 is 0 Å². The minimum absolute atomic E-state index is 0.451. The summed E-state index contributed by atoms with van der Waals surface area (Å²) < 4.78 is 5.24. The Labute approximate surface area is 96.2 Å². The lowest BCUT2D eigenvalue weighted by molar-refractivity contribution is 0.235. The topological polar surface area (TPSA) is 58.5 Å². The van der Waals surface area contributed by atoms with Crippen LogP contribution < -0.4 is 5.73 Å². The van der Waals surface area contributed by atoms with E-state index in [4.69, 9.17) is 10.3 Å². The molecule has 90 valence electrons. The molecule has 0 saturated carbocycles.